The Morgan fingerprint density at radius 3 is 2.77 bits per heavy atom. The van der Waals surface area contributed by atoms with Gasteiger partial charge in [-0.3, -0.25) is 15.5 Å². The van der Waals surface area contributed by atoms with Crippen molar-refractivity contribution < 1.29 is 14.3 Å². The Morgan fingerprint density at radius 2 is 2.07 bits per heavy atom. The molecule has 8 heteroatoms. The molecule has 0 radical (unpaired) electrons. The number of rotatable bonds is 5. The SMILES string of the molecule is CCOC(=O)N1CCC(c2cc(Cl)ccc2NN)=CC1c1cccc(C(=O)NC)c1. The van der Waals surface area contributed by atoms with E-state index in [0.717, 1.165) is 22.4 Å². The third-order valence-electron chi connectivity index (χ3n) is 5.02. The second kappa shape index (κ2) is 9.65. The number of nitrogens with zero attached hydrogens (tertiary/aromatic N) is 1. The second-order valence-electron chi connectivity index (χ2n) is 6.82. The molecular formula is C22H25ClN4O3. The molecule has 4 N–H and O–H groups in total. The van der Waals surface area contributed by atoms with Crippen molar-refractivity contribution in [1.29, 1.82) is 0 Å². The smallest absolute Gasteiger partial charge is 0.410 e. The molecule has 158 valence electrons. The van der Waals surface area contributed by atoms with Crippen LogP contribution in [0, 0.1) is 0 Å². The number of carbonyl (C=O) groups excluding carboxylic acids is 2. The average molecular weight is 429 g/mol. The first kappa shape index (κ1) is 21.7. The Kier molecular flexibility index (Phi) is 6.97. The highest BCUT2D eigenvalue weighted by Gasteiger charge is 2.30. The number of amides is 2. The molecule has 1 atom stereocenters. The molecule has 2 aromatic rings. The minimum atomic E-state index is -0.401. The largest absolute Gasteiger partial charge is 0.450 e. The fraction of sp³-hybridized carbons (Fsp3) is 0.273. The highest BCUT2D eigenvalue weighted by atomic mass is 35.5. The quantitative estimate of drug-likeness (QED) is 0.494. The third kappa shape index (κ3) is 4.58. The van der Waals surface area contributed by atoms with Crippen LogP contribution in [0.4, 0.5) is 10.5 Å². The number of halogens is 1. The van der Waals surface area contributed by atoms with Gasteiger partial charge in [0.25, 0.3) is 5.91 Å². The van der Waals surface area contributed by atoms with Gasteiger partial charge in [-0.2, -0.15) is 0 Å². The molecule has 0 bridgehead atoms. The van der Waals surface area contributed by atoms with Crippen LogP contribution in [0.3, 0.4) is 0 Å². The average Bonchev–Trinajstić information content (AvgIpc) is 2.78. The molecule has 2 aromatic carbocycles. The summed E-state index contributed by atoms with van der Waals surface area (Å²) >= 11 is 6.21. The van der Waals surface area contributed by atoms with Gasteiger partial charge in [0, 0.05) is 29.7 Å². The number of ether oxygens (including phenoxy) is 1. The van der Waals surface area contributed by atoms with E-state index in [1.807, 2.05) is 24.3 Å². The number of nitrogens with one attached hydrogen (secondary N) is 2. The van der Waals surface area contributed by atoms with Crippen LogP contribution < -0.4 is 16.6 Å². The van der Waals surface area contributed by atoms with Crippen molar-refractivity contribution >= 4 is 34.9 Å². The molecule has 0 aromatic heterocycles. The molecule has 0 spiro atoms. The Labute approximate surface area is 180 Å². The van der Waals surface area contributed by atoms with Gasteiger partial charge in [-0.25, -0.2) is 4.79 Å². The molecule has 1 aliphatic heterocycles. The maximum atomic E-state index is 12.6. The van der Waals surface area contributed by atoms with Crippen LogP contribution in [-0.2, 0) is 4.74 Å². The lowest BCUT2D eigenvalue weighted by Crippen LogP contribution is -2.38. The van der Waals surface area contributed by atoms with E-state index < -0.39 is 12.1 Å². The van der Waals surface area contributed by atoms with E-state index >= 15 is 0 Å². The van der Waals surface area contributed by atoms with E-state index in [2.05, 4.69) is 10.7 Å². The van der Waals surface area contributed by atoms with Crippen molar-refractivity contribution in [2.24, 2.45) is 5.84 Å². The lowest BCUT2D eigenvalue weighted by molar-refractivity contribution is 0.0963. The van der Waals surface area contributed by atoms with Gasteiger partial charge in [-0.1, -0.05) is 29.8 Å². The molecule has 0 saturated heterocycles. The highest BCUT2D eigenvalue weighted by molar-refractivity contribution is 6.30. The van der Waals surface area contributed by atoms with Gasteiger partial charge in [-0.05, 0) is 54.8 Å². The van der Waals surface area contributed by atoms with Gasteiger partial charge < -0.3 is 15.5 Å². The zero-order valence-corrected chi connectivity index (χ0v) is 17.7. The van der Waals surface area contributed by atoms with E-state index in [4.69, 9.17) is 22.2 Å². The summed E-state index contributed by atoms with van der Waals surface area (Å²) in [4.78, 5) is 26.4. The first-order chi connectivity index (χ1) is 14.5. The van der Waals surface area contributed by atoms with Crippen LogP contribution >= 0.6 is 11.6 Å². The van der Waals surface area contributed by atoms with Gasteiger partial charge in [0.15, 0.2) is 0 Å². The Morgan fingerprint density at radius 1 is 1.27 bits per heavy atom. The molecule has 1 unspecified atom stereocenters. The van der Waals surface area contributed by atoms with Crippen LogP contribution in [-0.4, -0.2) is 37.1 Å². The van der Waals surface area contributed by atoms with E-state index in [0.29, 0.717) is 23.6 Å². The monoisotopic (exact) mass is 428 g/mol. The zero-order chi connectivity index (χ0) is 21.7. The van der Waals surface area contributed by atoms with Crippen LogP contribution in [0.25, 0.3) is 5.57 Å². The minimum Gasteiger partial charge on any atom is -0.450 e. The molecule has 2 amide bonds. The molecule has 3 rings (SSSR count). The Bertz CT molecular complexity index is 977. The molecule has 1 aliphatic rings. The molecular weight excluding hydrogens is 404 g/mol. The summed E-state index contributed by atoms with van der Waals surface area (Å²) in [5.74, 6) is 5.50. The molecule has 0 fully saturated rings. The van der Waals surface area contributed by atoms with Gasteiger partial charge in [-0.15, -0.1) is 0 Å². The number of hydrogen-bond acceptors (Lipinski definition) is 5. The van der Waals surface area contributed by atoms with Crippen molar-refractivity contribution in [3.05, 3.63) is 70.3 Å². The maximum absolute atomic E-state index is 12.6. The third-order valence-corrected chi connectivity index (χ3v) is 5.25. The van der Waals surface area contributed by atoms with Gasteiger partial charge >= 0.3 is 6.09 Å². The van der Waals surface area contributed by atoms with Crippen molar-refractivity contribution in [3.63, 3.8) is 0 Å². The summed E-state index contributed by atoms with van der Waals surface area (Å²) < 4.78 is 5.26. The van der Waals surface area contributed by atoms with Crippen LogP contribution in [0.1, 0.15) is 40.9 Å². The van der Waals surface area contributed by atoms with Crippen LogP contribution in [0.15, 0.2) is 48.5 Å². The number of anilines is 1. The first-order valence-corrected chi connectivity index (χ1v) is 10.1. The number of carbonyl (C=O) groups is 2. The zero-order valence-electron chi connectivity index (χ0n) is 16.9. The van der Waals surface area contributed by atoms with Crippen LogP contribution in [0.5, 0.6) is 0 Å². The summed E-state index contributed by atoms with van der Waals surface area (Å²) in [5, 5.41) is 3.22. The normalized spacial score (nSPS) is 15.9. The van der Waals surface area contributed by atoms with Crippen molar-refractivity contribution in [2.75, 3.05) is 25.6 Å². The number of nitrogens with two attached hydrogens (primary N) is 1. The van der Waals surface area contributed by atoms with Gasteiger partial charge in [0.05, 0.1) is 18.3 Å². The van der Waals surface area contributed by atoms with Gasteiger partial charge in [0.2, 0.25) is 0 Å². The second-order valence-corrected chi connectivity index (χ2v) is 7.25. The molecule has 30 heavy (non-hydrogen) atoms. The summed E-state index contributed by atoms with van der Waals surface area (Å²) in [5.41, 5.74) is 6.65. The van der Waals surface area contributed by atoms with E-state index in [-0.39, 0.29) is 12.5 Å². The Balaban J connectivity index is 2.08. The van der Waals surface area contributed by atoms with E-state index in [1.54, 1.807) is 43.1 Å². The standard InChI is InChI=1S/C22H25ClN4O3/c1-3-30-22(29)27-10-9-14(18-13-17(23)7-8-19(18)26-24)12-20(27)15-5-4-6-16(11-15)21(28)25-2/h4-8,11-13,20,26H,3,9-10,24H2,1-2H3,(H,25,28). The minimum absolute atomic E-state index is 0.191. The highest BCUT2D eigenvalue weighted by Crippen LogP contribution is 2.37. The van der Waals surface area contributed by atoms with Gasteiger partial charge in [0.1, 0.15) is 0 Å². The summed E-state index contributed by atoms with van der Waals surface area (Å²) in [6.45, 7) is 2.51. The summed E-state index contributed by atoms with van der Waals surface area (Å²) in [6.07, 6.45) is 2.21. The molecule has 7 nitrogen and oxygen atoms in total. The van der Waals surface area contributed by atoms with E-state index in [1.165, 1.54) is 0 Å². The topological polar surface area (TPSA) is 96.7 Å². The van der Waals surface area contributed by atoms with E-state index in [9.17, 15) is 9.59 Å². The van der Waals surface area contributed by atoms with Crippen LogP contribution in [0.2, 0.25) is 5.02 Å². The lowest BCUT2D eigenvalue weighted by atomic mass is 9.91. The fourth-order valence-electron chi connectivity index (χ4n) is 3.57. The maximum Gasteiger partial charge on any atom is 0.410 e. The summed E-state index contributed by atoms with van der Waals surface area (Å²) in [7, 11) is 1.58. The first-order valence-electron chi connectivity index (χ1n) is 9.71. The molecule has 0 saturated carbocycles. The summed E-state index contributed by atoms with van der Waals surface area (Å²) in [6, 6.07) is 12.2. The molecule has 0 aliphatic carbocycles. The van der Waals surface area contributed by atoms with Crippen molar-refractivity contribution in [1.82, 2.24) is 10.2 Å². The fourth-order valence-corrected chi connectivity index (χ4v) is 3.74. The van der Waals surface area contributed by atoms with Crippen molar-refractivity contribution in [3.8, 4) is 0 Å². The number of hydrogen-bond donors (Lipinski definition) is 3. The van der Waals surface area contributed by atoms with Crippen molar-refractivity contribution in [2.45, 2.75) is 19.4 Å². The number of hydrazine groups is 1. The predicted octanol–water partition coefficient (Wildman–Crippen LogP) is 3.97. The Hall–Kier alpha value is -3.03. The lowest BCUT2D eigenvalue weighted by Gasteiger charge is -2.34. The number of benzene rings is 2. The molecule has 1 heterocycles. The number of nitrogen functional groups attached to an aromatic ring is 1. The predicted molar refractivity (Wildman–Crippen MR) is 118 cm³/mol.